The number of aryl methyl sites for hydroxylation is 1. The fraction of sp³-hybridized carbons (Fsp3) is 0.314. The second-order valence-electron chi connectivity index (χ2n) is 36.0. The molecule has 0 spiro atoms. The third-order valence-electron chi connectivity index (χ3n) is 27.3. The maximum Gasteiger partial charge on any atom is 0.144 e. The number of benzene rings is 12. The molecule has 13 aromatic rings. The highest BCUT2D eigenvalue weighted by atomic mass is 16.3. The number of nitrogens with zero attached hydrogens (tertiary/aromatic N) is 1. The number of hydrogen-bond donors (Lipinski definition) is 0. The van der Waals surface area contributed by atoms with Gasteiger partial charge in [-0.25, -0.2) is 0 Å². The van der Waals surface area contributed by atoms with E-state index in [0.717, 1.165) is 29.7 Å². The molecular weight excluding hydrogens is 1290 g/mol. The predicted octanol–water partition coefficient (Wildman–Crippen LogP) is 29.7. The van der Waals surface area contributed by atoms with Gasteiger partial charge < -0.3 is 9.32 Å². The molecule has 107 heavy (non-hydrogen) atoms. The van der Waals surface area contributed by atoms with Gasteiger partial charge >= 0.3 is 0 Å². The van der Waals surface area contributed by atoms with E-state index in [1.165, 1.54) is 249 Å². The highest BCUT2D eigenvalue weighted by molar-refractivity contribution is 6.21. The van der Waals surface area contributed by atoms with Crippen molar-refractivity contribution in [2.45, 2.75) is 212 Å². The molecule has 0 saturated heterocycles. The lowest BCUT2D eigenvalue weighted by Crippen LogP contribution is -2.25. The van der Waals surface area contributed by atoms with Gasteiger partial charge in [0, 0.05) is 60.5 Å². The quantitative estimate of drug-likeness (QED) is 0.0845. The molecule has 0 bridgehead atoms. The number of unbranched alkanes of at least 4 members (excludes halogenated alkanes) is 8. The van der Waals surface area contributed by atoms with Crippen molar-refractivity contribution in [2.75, 3.05) is 4.90 Å². The van der Waals surface area contributed by atoms with Gasteiger partial charge in [0.2, 0.25) is 0 Å². The summed E-state index contributed by atoms with van der Waals surface area (Å²) in [5, 5.41) is 2.41. The molecule has 0 unspecified atom stereocenters. The summed E-state index contributed by atoms with van der Waals surface area (Å²) in [5.74, 6) is 0. The number of furan rings is 1. The molecule has 0 radical (unpaired) electrons. The van der Waals surface area contributed by atoms with E-state index in [4.69, 9.17) is 4.42 Å². The number of fused-ring (bicyclic) bond motifs is 25. The molecule has 12 aromatic carbocycles. The Morgan fingerprint density at radius 1 is 0.355 bits per heavy atom. The Hall–Kier alpha value is -9.76. The van der Waals surface area contributed by atoms with Gasteiger partial charge in [-0.05, 0) is 248 Å². The molecule has 6 aliphatic rings. The van der Waals surface area contributed by atoms with E-state index in [1.807, 2.05) is 0 Å². The van der Waals surface area contributed by atoms with Crippen molar-refractivity contribution in [1.82, 2.24) is 0 Å². The van der Waals surface area contributed by atoms with E-state index >= 15 is 0 Å². The van der Waals surface area contributed by atoms with Crippen molar-refractivity contribution >= 4 is 39.0 Å². The summed E-state index contributed by atoms with van der Waals surface area (Å²) in [7, 11) is 0. The predicted molar refractivity (Wildman–Crippen MR) is 454 cm³/mol. The SMILES string of the molecule is CCCCCCCC1(CCCCCCC)c2ccccc2-c2ccc(-c3ccc4c(c3)C(C)(C)c3cc(-c5cc6c(c7c5CCc5ccccc5-7)-c5ccc(N(c7ccc8c(c7)C(C)(C)c7c9c(c%10oc%11ccccc%11c%10c7-8)-c7ccccc7C9(C)C)c7ccccc7C(C)(C)C)cc5C6(C)C)ccc3-4)cc21. The second kappa shape index (κ2) is 24.6. The molecule has 1 heterocycles. The van der Waals surface area contributed by atoms with Crippen LogP contribution in [-0.2, 0) is 45.3 Å². The van der Waals surface area contributed by atoms with Gasteiger partial charge in [-0.2, -0.15) is 0 Å². The molecule has 0 atom stereocenters. The summed E-state index contributed by atoms with van der Waals surface area (Å²) in [4.78, 5) is 2.61. The van der Waals surface area contributed by atoms with E-state index in [0.29, 0.717) is 0 Å². The fourth-order valence-corrected chi connectivity index (χ4v) is 21.9. The van der Waals surface area contributed by atoms with Crippen LogP contribution < -0.4 is 4.90 Å². The van der Waals surface area contributed by atoms with Crippen molar-refractivity contribution in [3.63, 3.8) is 0 Å². The molecule has 534 valence electrons. The standard InChI is InChI=1S/C105H103NO/c1-14-16-18-20-32-56-105(57-33-21-19-17-15-2)82-40-28-24-36-71(82)74-51-46-66(59-88(74)105)65-45-50-72-73-52-47-67(60-85(73)101(6,7)84(72)58-65)80-63-89-93(92-70-35-23-22-34-64(70)44-53-75(80)92)77-54-48-68(61-86(77)102(89,8)9)106(90-42-30-29-41-83(90)100(3,4)5)69-49-55-78-87(62-69)104(12,13)97-94(78)95-79-38-26-31-43-91(79)107-99(95)96-76-37-25-27-39-81(76)103(10,11)98(96)97/h22-31,34-43,45-52,54-55,58-63H,14-21,32-33,44,53,56-57H2,1-13H3. The molecule has 1 aromatic heterocycles. The second-order valence-corrected chi connectivity index (χ2v) is 36.0. The highest BCUT2D eigenvalue weighted by Gasteiger charge is 2.50. The van der Waals surface area contributed by atoms with Crippen molar-refractivity contribution in [3.05, 3.63) is 291 Å². The Bertz CT molecular complexity index is 5850. The molecular formula is C105H103NO. The van der Waals surface area contributed by atoms with Crippen molar-refractivity contribution in [1.29, 1.82) is 0 Å². The molecule has 0 N–H and O–H groups in total. The van der Waals surface area contributed by atoms with E-state index in [9.17, 15) is 0 Å². The number of para-hydroxylation sites is 2. The number of rotatable bonds is 17. The van der Waals surface area contributed by atoms with Crippen LogP contribution in [0.5, 0.6) is 0 Å². The Kier molecular flexibility index (Phi) is 15.6. The first-order valence-electron chi connectivity index (χ1n) is 40.8. The summed E-state index contributed by atoms with van der Waals surface area (Å²) < 4.78 is 7.12. The van der Waals surface area contributed by atoms with E-state index in [1.54, 1.807) is 11.1 Å². The Morgan fingerprint density at radius 3 is 1.52 bits per heavy atom. The van der Waals surface area contributed by atoms with Crippen LogP contribution in [0, 0.1) is 0 Å². The van der Waals surface area contributed by atoms with Crippen LogP contribution in [0.1, 0.15) is 239 Å². The molecule has 6 aliphatic carbocycles. The van der Waals surface area contributed by atoms with Gasteiger partial charge in [-0.1, -0.05) is 312 Å². The molecule has 19 rings (SSSR count). The fourth-order valence-electron chi connectivity index (χ4n) is 21.9. The van der Waals surface area contributed by atoms with Gasteiger partial charge in [0.15, 0.2) is 0 Å². The van der Waals surface area contributed by atoms with E-state index in [-0.39, 0.29) is 32.5 Å². The maximum atomic E-state index is 7.12. The van der Waals surface area contributed by atoms with Gasteiger partial charge in [-0.3, -0.25) is 0 Å². The van der Waals surface area contributed by atoms with Crippen LogP contribution in [0.15, 0.2) is 223 Å². The molecule has 2 nitrogen and oxygen atoms in total. The van der Waals surface area contributed by atoms with Crippen LogP contribution in [0.3, 0.4) is 0 Å². The van der Waals surface area contributed by atoms with Crippen molar-refractivity contribution in [2.24, 2.45) is 0 Å². The Morgan fingerprint density at radius 2 is 0.841 bits per heavy atom. The molecule has 2 heteroatoms. The third-order valence-corrected chi connectivity index (χ3v) is 27.3. The van der Waals surface area contributed by atoms with E-state index in [2.05, 4.69) is 313 Å². The molecule has 0 aliphatic heterocycles. The summed E-state index contributed by atoms with van der Waals surface area (Å²) in [6, 6.07) is 86.2. The average molecular weight is 1390 g/mol. The topological polar surface area (TPSA) is 16.4 Å². The zero-order valence-corrected chi connectivity index (χ0v) is 65.5. The van der Waals surface area contributed by atoms with Crippen LogP contribution in [0.2, 0.25) is 0 Å². The number of hydrogen-bond acceptors (Lipinski definition) is 2. The zero-order valence-electron chi connectivity index (χ0n) is 65.5. The largest absolute Gasteiger partial charge is 0.455 e. The van der Waals surface area contributed by atoms with Gasteiger partial charge in [0.05, 0.1) is 0 Å². The van der Waals surface area contributed by atoms with Crippen molar-refractivity contribution < 1.29 is 4.42 Å². The first kappa shape index (κ1) is 67.8. The molecule has 0 fully saturated rings. The highest BCUT2D eigenvalue weighted by Crippen LogP contribution is 2.66. The maximum absolute atomic E-state index is 7.12. The van der Waals surface area contributed by atoms with Crippen LogP contribution in [0.25, 0.3) is 111 Å². The summed E-state index contributed by atoms with van der Waals surface area (Å²) in [6.07, 6.45) is 17.5. The van der Waals surface area contributed by atoms with Gasteiger partial charge in [-0.15, -0.1) is 0 Å². The number of anilines is 3. The molecule has 0 saturated carbocycles. The minimum Gasteiger partial charge on any atom is -0.455 e. The van der Waals surface area contributed by atoms with E-state index < -0.39 is 0 Å². The zero-order chi connectivity index (χ0) is 73.4. The first-order valence-corrected chi connectivity index (χ1v) is 40.8. The smallest absolute Gasteiger partial charge is 0.144 e. The minimum absolute atomic E-state index is 0.0404. The van der Waals surface area contributed by atoms with Crippen LogP contribution in [-0.4, -0.2) is 0 Å². The first-order chi connectivity index (χ1) is 51.7. The Labute approximate surface area is 636 Å². The van der Waals surface area contributed by atoms with Crippen LogP contribution >= 0.6 is 0 Å². The summed E-state index contributed by atoms with van der Waals surface area (Å²) in [5.41, 5.74) is 44.5. The summed E-state index contributed by atoms with van der Waals surface area (Å²) >= 11 is 0. The lowest BCUT2D eigenvalue weighted by molar-refractivity contribution is 0.399. The van der Waals surface area contributed by atoms with Gasteiger partial charge in [0.1, 0.15) is 11.2 Å². The lowest BCUT2D eigenvalue weighted by Gasteiger charge is -2.34. The summed E-state index contributed by atoms with van der Waals surface area (Å²) in [6.45, 7) is 31.7. The van der Waals surface area contributed by atoms with Crippen molar-refractivity contribution in [3.8, 4) is 89.0 Å². The van der Waals surface area contributed by atoms with Gasteiger partial charge in [0.25, 0.3) is 0 Å². The van der Waals surface area contributed by atoms with Crippen LogP contribution in [0.4, 0.5) is 17.1 Å². The Balaban J connectivity index is 0.714. The lowest BCUT2D eigenvalue weighted by atomic mass is 9.70. The normalized spacial score (nSPS) is 16.1. The monoisotopic (exact) mass is 1390 g/mol. The minimum atomic E-state index is -0.353. The molecule has 0 amide bonds. The average Bonchev–Trinajstić information content (AvgIpc) is 0.962. The third kappa shape index (κ3) is 9.94.